The Hall–Kier alpha value is -1.65. The highest BCUT2D eigenvalue weighted by atomic mass is 15.3. The predicted molar refractivity (Wildman–Crippen MR) is 86.1 cm³/mol. The molecule has 0 saturated heterocycles. The summed E-state index contributed by atoms with van der Waals surface area (Å²) in [6.45, 7) is 1.92. The Morgan fingerprint density at radius 1 is 1.29 bits per heavy atom. The molecule has 0 aliphatic heterocycles. The third-order valence-electron chi connectivity index (χ3n) is 4.20. The van der Waals surface area contributed by atoms with Gasteiger partial charge in [0.1, 0.15) is 0 Å². The molecule has 1 heterocycles. The van der Waals surface area contributed by atoms with Crippen molar-refractivity contribution >= 4 is 0 Å². The average molecular weight is 284 g/mol. The van der Waals surface area contributed by atoms with Gasteiger partial charge in [0.15, 0.2) is 0 Å². The molecule has 0 bridgehead atoms. The minimum Gasteiger partial charge on any atom is -0.324 e. The molecule has 2 N–H and O–H groups in total. The first-order valence-corrected chi connectivity index (χ1v) is 7.72. The molecule has 4 nitrogen and oxygen atoms in total. The number of nitrogens with zero attached hydrogens (tertiary/aromatic N) is 3. The van der Waals surface area contributed by atoms with Gasteiger partial charge in [0.25, 0.3) is 0 Å². The number of fused-ring (bicyclic) bond motifs is 1. The van der Waals surface area contributed by atoms with Gasteiger partial charge < -0.3 is 10.6 Å². The van der Waals surface area contributed by atoms with E-state index in [1.165, 1.54) is 16.8 Å². The van der Waals surface area contributed by atoms with E-state index in [0.29, 0.717) is 0 Å². The smallest absolute Gasteiger partial charge is 0.0973 e. The van der Waals surface area contributed by atoms with Crippen molar-refractivity contribution in [1.82, 2.24) is 14.7 Å². The fourth-order valence-electron chi connectivity index (χ4n) is 3.09. The average Bonchev–Trinajstić information content (AvgIpc) is 2.86. The third-order valence-corrected chi connectivity index (χ3v) is 4.20. The Kier molecular flexibility index (Phi) is 4.08. The lowest BCUT2D eigenvalue weighted by molar-refractivity contribution is 0.367. The lowest BCUT2D eigenvalue weighted by Crippen LogP contribution is -2.22. The summed E-state index contributed by atoms with van der Waals surface area (Å²) in [5.74, 6) is 0. The Bertz CT molecular complexity index is 601. The molecule has 0 amide bonds. The van der Waals surface area contributed by atoms with Crippen LogP contribution in [0.25, 0.3) is 11.3 Å². The van der Waals surface area contributed by atoms with Crippen LogP contribution in [0.2, 0.25) is 0 Å². The summed E-state index contributed by atoms with van der Waals surface area (Å²) in [7, 11) is 4.19. The summed E-state index contributed by atoms with van der Waals surface area (Å²) < 4.78 is 2.18. The maximum atomic E-state index is 6.39. The fourth-order valence-corrected chi connectivity index (χ4v) is 3.09. The molecule has 1 aliphatic carbocycles. The second-order valence-electron chi connectivity index (χ2n) is 6.10. The van der Waals surface area contributed by atoms with Gasteiger partial charge in [-0.05, 0) is 33.4 Å². The number of rotatable bonds is 4. The van der Waals surface area contributed by atoms with Crippen LogP contribution in [-0.2, 0) is 13.0 Å². The molecule has 4 heteroatoms. The first-order chi connectivity index (χ1) is 10.2. The highest BCUT2D eigenvalue weighted by Gasteiger charge is 2.26. The summed E-state index contributed by atoms with van der Waals surface area (Å²) in [5, 5.41) is 4.89. The topological polar surface area (TPSA) is 47.1 Å². The van der Waals surface area contributed by atoms with Gasteiger partial charge in [-0.25, -0.2) is 0 Å². The van der Waals surface area contributed by atoms with Gasteiger partial charge in [-0.1, -0.05) is 30.3 Å². The van der Waals surface area contributed by atoms with E-state index in [1.807, 2.05) is 6.07 Å². The molecule has 0 fully saturated rings. The number of hydrogen-bond acceptors (Lipinski definition) is 3. The normalized spacial score (nSPS) is 18.0. The molecule has 21 heavy (non-hydrogen) atoms. The van der Waals surface area contributed by atoms with Crippen molar-refractivity contribution in [1.29, 1.82) is 0 Å². The summed E-state index contributed by atoms with van der Waals surface area (Å²) in [6.07, 6.45) is 3.32. The Morgan fingerprint density at radius 2 is 2.05 bits per heavy atom. The van der Waals surface area contributed by atoms with Gasteiger partial charge in [0.2, 0.25) is 0 Å². The van der Waals surface area contributed by atoms with E-state index in [0.717, 1.165) is 38.0 Å². The van der Waals surface area contributed by atoms with Crippen molar-refractivity contribution in [2.24, 2.45) is 5.73 Å². The molecule has 0 radical (unpaired) electrons. The largest absolute Gasteiger partial charge is 0.324 e. The minimum absolute atomic E-state index is 0.122. The van der Waals surface area contributed by atoms with E-state index in [9.17, 15) is 0 Å². The molecule has 0 spiro atoms. The van der Waals surface area contributed by atoms with E-state index < -0.39 is 0 Å². The van der Waals surface area contributed by atoms with Crippen LogP contribution in [0.1, 0.15) is 30.1 Å². The lowest BCUT2D eigenvalue weighted by atomic mass is 9.89. The van der Waals surface area contributed by atoms with Crippen molar-refractivity contribution < 1.29 is 0 Å². The van der Waals surface area contributed by atoms with Crippen LogP contribution >= 0.6 is 0 Å². The van der Waals surface area contributed by atoms with Gasteiger partial charge >= 0.3 is 0 Å². The molecule has 1 aromatic carbocycles. The van der Waals surface area contributed by atoms with E-state index in [1.54, 1.807) is 0 Å². The van der Waals surface area contributed by atoms with Gasteiger partial charge in [0.05, 0.1) is 12.2 Å². The standard InChI is InChI=1S/C17H24N4/c1-20(2)11-12-21-15-10-6-9-14(18)16(15)17(19-21)13-7-4-3-5-8-13/h3-5,7-8,14H,6,9-12,18H2,1-2H3. The molecule has 1 aromatic heterocycles. The minimum atomic E-state index is 0.122. The monoisotopic (exact) mass is 284 g/mol. The van der Waals surface area contributed by atoms with Crippen molar-refractivity contribution in [2.75, 3.05) is 20.6 Å². The zero-order chi connectivity index (χ0) is 14.8. The first-order valence-electron chi connectivity index (χ1n) is 7.72. The van der Waals surface area contributed by atoms with Crippen LogP contribution in [0.4, 0.5) is 0 Å². The summed E-state index contributed by atoms with van der Waals surface area (Å²) in [4.78, 5) is 2.19. The Labute approximate surface area is 126 Å². The first kappa shape index (κ1) is 14.3. The van der Waals surface area contributed by atoms with E-state index >= 15 is 0 Å². The SMILES string of the molecule is CN(C)CCn1nc(-c2ccccc2)c2c1CCCC2N. The van der Waals surface area contributed by atoms with Crippen molar-refractivity contribution in [2.45, 2.75) is 31.8 Å². The molecule has 112 valence electrons. The van der Waals surface area contributed by atoms with Crippen LogP contribution in [0, 0.1) is 0 Å². The summed E-state index contributed by atoms with van der Waals surface area (Å²) >= 11 is 0. The van der Waals surface area contributed by atoms with Crippen molar-refractivity contribution in [3.63, 3.8) is 0 Å². The quantitative estimate of drug-likeness (QED) is 0.938. The number of benzene rings is 1. The zero-order valence-electron chi connectivity index (χ0n) is 12.9. The lowest BCUT2D eigenvalue weighted by Gasteiger charge is -2.21. The molecule has 1 unspecified atom stereocenters. The Balaban J connectivity index is 2.03. The van der Waals surface area contributed by atoms with Crippen LogP contribution < -0.4 is 5.73 Å². The fraction of sp³-hybridized carbons (Fsp3) is 0.471. The molecule has 1 atom stereocenters. The molecule has 2 aromatic rings. The third kappa shape index (κ3) is 2.87. The molecular formula is C17H24N4. The highest BCUT2D eigenvalue weighted by Crippen LogP contribution is 2.35. The predicted octanol–water partition coefficient (Wildman–Crippen LogP) is 2.45. The van der Waals surface area contributed by atoms with Crippen molar-refractivity contribution in [3.05, 3.63) is 41.6 Å². The number of nitrogens with two attached hydrogens (primary N) is 1. The van der Waals surface area contributed by atoms with Crippen LogP contribution in [0.3, 0.4) is 0 Å². The van der Waals surface area contributed by atoms with Gasteiger partial charge in [-0.2, -0.15) is 5.10 Å². The molecule has 0 saturated carbocycles. The summed E-state index contributed by atoms with van der Waals surface area (Å²) in [6, 6.07) is 10.5. The van der Waals surface area contributed by atoms with E-state index in [-0.39, 0.29) is 6.04 Å². The van der Waals surface area contributed by atoms with Gasteiger partial charge in [-0.15, -0.1) is 0 Å². The van der Waals surface area contributed by atoms with Crippen molar-refractivity contribution in [3.8, 4) is 11.3 Å². The van der Waals surface area contributed by atoms with Crippen LogP contribution in [-0.4, -0.2) is 35.3 Å². The maximum absolute atomic E-state index is 6.39. The second-order valence-corrected chi connectivity index (χ2v) is 6.10. The maximum Gasteiger partial charge on any atom is 0.0973 e. The Morgan fingerprint density at radius 3 is 2.76 bits per heavy atom. The number of aromatic nitrogens is 2. The molecular weight excluding hydrogens is 260 g/mol. The number of likely N-dealkylation sites (N-methyl/N-ethyl adjacent to an activating group) is 1. The second kappa shape index (κ2) is 6.00. The van der Waals surface area contributed by atoms with E-state index in [2.05, 4.69) is 47.9 Å². The zero-order valence-corrected chi connectivity index (χ0v) is 12.9. The van der Waals surface area contributed by atoms with Gasteiger partial charge in [0, 0.05) is 29.4 Å². The summed E-state index contributed by atoms with van der Waals surface area (Å²) in [5.41, 5.74) is 11.3. The molecule has 3 rings (SSSR count). The molecule has 1 aliphatic rings. The highest BCUT2D eigenvalue weighted by molar-refractivity contribution is 5.65. The van der Waals surface area contributed by atoms with Crippen LogP contribution in [0.5, 0.6) is 0 Å². The van der Waals surface area contributed by atoms with Crippen LogP contribution in [0.15, 0.2) is 30.3 Å². The number of hydrogen-bond donors (Lipinski definition) is 1. The van der Waals surface area contributed by atoms with E-state index in [4.69, 9.17) is 10.8 Å². The van der Waals surface area contributed by atoms with Gasteiger partial charge in [-0.3, -0.25) is 4.68 Å².